The van der Waals surface area contributed by atoms with Gasteiger partial charge in [-0.15, -0.1) is 5.10 Å². The Morgan fingerprint density at radius 3 is 2.67 bits per heavy atom. The summed E-state index contributed by atoms with van der Waals surface area (Å²) in [6.07, 6.45) is 5.16. The molecule has 1 fully saturated rings. The second-order valence-corrected chi connectivity index (χ2v) is 4.36. The van der Waals surface area contributed by atoms with E-state index in [4.69, 9.17) is 5.11 Å². The van der Waals surface area contributed by atoms with E-state index >= 15 is 0 Å². The van der Waals surface area contributed by atoms with Crippen LogP contribution in [0, 0.1) is 0 Å². The van der Waals surface area contributed by atoms with Gasteiger partial charge in [0.05, 0.1) is 0 Å². The van der Waals surface area contributed by atoms with Crippen LogP contribution in [0.4, 0.5) is 0 Å². The van der Waals surface area contributed by atoms with Crippen LogP contribution in [-0.4, -0.2) is 54.7 Å². The molecule has 1 aliphatic rings. The predicted octanol–water partition coefficient (Wildman–Crippen LogP) is -0.471. The van der Waals surface area contributed by atoms with Gasteiger partial charge in [0.25, 0.3) is 0 Å². The van der Waals surface area contributed by atoms with E-state index < -0.39 is 5.97 Å². The van der Waals surface area contributed by atoms with Crippen molar-refractivity contribution in [2.45, 2.75) is 38.3 Å². The number of rotatable bonds is 5. The molecular formula is C10H15N5O3. The van der Waals surface area contributed by atoms with Gasteiger partial charge in [-0.3, -0.25) is 9.59 Å². The molecule has 1 heterocycles. The Kier molecular flexibility index (Phi) is 3.85. The summed E-state index contributed by atoms with van der Waals surface area (Å²) in [5.74, 6) is -1.25. The van der Waals surface area contributed by atoms with Crippen molar-refractivity contribution in [1.29, 1.82) is 0 Å². The van der Waals surface area contributed by atoms with E-state index in [-0.39, 0.29) is 25.0 Å². The molecule has 98 valence electrons. The third kappa shape index (κ3) is 3.02. The molecule has 0 saturated heterocycles. The third-order valence-corrected chi connectivity index (χ3v) is 3.08. The van der Waals surface area contributed by atoms with Crippen LogP contribution in [0.15, 0.2) is 6.33 Å². The molecule has 8 nitrogen and oxygen atoms in total. The lowest BCUT2D eigenvalue weighted by Crippen LogP contribution is -2.43. The van der Waals surface area contributed by atoms with Crippen LogP contribution < -0.4 is 0 Å². The third-order valence-electron chi connectivity index (χ3n) is 3.08. The molecule has 1 aromatic rings. The largest absolute Gasteiger partial charge is 0.480 e. The first-order valence-electron chi connectivity index (χ1n) is 5.89. The number of hydrogen-bond acceptors (Lipinski definition) is 5. The van der Waals surface area contributed by atoms with Gasteiger partial charge in [-0.1, -0.05) is 12.8 Å². The van der Waals surface area contributed by atoms with Crippen LogP contribution in [-0.2, 0) is 16.1 Å². The average Bonchev–Trinajstić information content (AvgIpc) is 2.97. The molecule has 0 atom stereocenters. The summed E-state index contributed by atoms with van der Waals surface area (Å²) in [7, 11) is 0. The second-order valence-electron chi connectivity index (χ2n) is 4.36. The van der Waals surface area contributed by atoms with Crippen LogP contribution in [0.1, 0.15) is 25.7 Å². The number of tetrazole rings is 1. The van der Waals surface area contributed by atoms with Crippen LogP contribution >= 0.6 is 0 Å². The van der Waals surface area contributed by atoms with Crippen LogP contribution in [0.25, 0.3) is 0 Å². The van der Waals surface area contributed by atoms with Gasteiger partial charge in [0.1, 0.15) is 19.4 Å². The molecule has 0 bridgehead atoms. The first kappa shape index (κ1) is 12.5. The predicted molar refractivity (Wildman–Crippen MR) is 59.4 cm³/mol. The highest BCUT2D eigenvalue weighted by molar-refractivity contribution is 5.81. The monoisotopic (exact) mass is 253 g/mol. The maximum atomic E-state index is 12.1. The highest BCUT2D eigenvalue weighted by atomic mass is 16.4. The molecule has 2 rings (SSSR count). The van der Waals surface area contributed by atoms with Crippen molar-refractivity contribution in [1.82, 2.24) is 25.1 Å². The average molecular weight is 253 g/mol. The summed E-state index contributed by atoms with van der Waals surface area (Å²) in [4.78, 5) is 24.3. The van der Waals surface area contributed by atoms with Crippen molar-refractivity contribution in [3.8, 4) is 0 Å². The van der Waals surface area contributed by atoms with Crippen molar-refractivity contribution >= 4 is 11.9 Å². The first-order chi connectivity index (χ1) is 8.66. The maximum Gasteiger partial charge on any atom is 0.323 e. The minimum absolute atomic E-state index is 0.0171. The van der Waals surface area contributed by atoms with E-state index in [1.807, 2.05) is 0 Å². The molecule has 0 unspecified atom stereocenters. The molecule has 8 heteroatoms. The normalized spacial score (nSPS) is 15.8. The van der Waals surface area contributed by atoms with Gasteiger partial charge in [0.2, 0.25) is 5.91 Å². The summed E-state index contributed by atoms with van der Waals surface area (Å²) >= 11 is 0. The molecule has 0 aromatic carbocycles. The van der Waals surface area contributed by atoms with Crippen LogP contribution in [0.2, 0.25) is 0 Å². The number of carbonyl (C=O) groups excluding carboxylic acids is 1. The van der Waals surface area contributed by atoms with Crippen LogP contribution in [0.5, 0.6) is 0 Å². The van der Waals surface area contributed by atoms with Crippen molar-refractivity contribution in [2.24, 2.45) is 0 Å². The van der Waals surface area contributed by atoms with E-state index in [1.165, 1.54) is 15.9 Å². The molecule has 1 N–H and O–H groups in total. The van der Waals surface area contributed by atoms with Gasteiger partial charge in [-0.25, -0.2) is 4.68 Å². The highest BCUT2D eigenvalue weighted by Crippen LogP contribution is 2.23. The number of carbonyl (C=O) groups is 2. The molecule has 1 aliphatic carbocycles. The number of aliphatic carboxylic acids is 1. The lowest BCUT2D eigenvalue weighted by Gasteiger charge is -2.27. The molecule has 1 saturated carbocycles. The molecule has 0 spiro atoms. The van der Waals surface area contributed by atoms with E-state index in [9.17, 15) is 9.59 Å². The standard InChI is InChI=1S/C10H15N5O3/c16-9(5-14-7-11-12-13-14)15(6-10(17)18)8-3-1-2-4-8/h7-8H,1-6H2,(H,17,18). The summed E-state index contributed by atoms with van der Waals surface area (Å²) in [6, 6.07) is 0.0325. The SMILES string of the molecule is O=C(O)CN(C(=O)Cn1cnnn1)C1CCCC1. The lowest BCUT2D eigenvalue weighted by molar-refractivity contribution is -0.146. The molecule has 0 radical (unpaired) electrons. The van der Waals surface area contributed by atoms with Crippen molar-refractivity contribution in [3.63, 3.8) is 0 Å². The fourth-order valence-electron chi connectivity index (χ4n) is 2.26. The van der Waals surface area contributed by atoms with Gasteiger partial charge >= 0.3 is 5.97 Å². The lowest BCUT2D eigenvalue weighted by atomic mass is 10.2. The van der Waals surface area contributed by atoms with Gasteiger partial charge in [-0.05, 0) is 23.3 Å². The number of carboxylic acids is 1. The smallest absolute Gasteiger partial charge is 0.323 e. The minimum atomic E-state index is -0.994. The van der Waals surface area contributed by atoms with Crippen molar-refractivity contribution < 1.29 is 14.7 Å². The zero-order valence-corrected chi connectivity index (χ0v) is 9.90. The van der Waals surface area contributed by atoms with E-state index in [0.717, 1.165) is 25.7 Å². The van der Waals surface area contributed by atoms with Gasteiger partial charge < -0.3 is 10.0 Å². The summed E-state index contributed by atoms with van der Waals surface area (Å²) in [5.41, 5.74) is 0. The number of hydrogen-bond donors (Lipinski definition) is 1. The van der Waals surface area contributed by atoms with E-state index in [1.54, 1.807) is 0 Å². The zero-order chi connectivity index (χ0) is 13.0. The highest BCUT2D eigenvalue weighted by Gasteiger charge is 2.28. The Hall–Kier alpha value is -1.99. The molecule has 18 heavy (non-hydrogen) atoms. The quantitative estimate of drug-likeness (QED) is 0.761. The molecule has 1 amide bonds. The van der Waals surface area contributed by atoms with Crippen LogP contribution in [0.3, 0.4) is 0 Å². The van der Waals surface area contributed by atoms with Gasteiger partial charge in [0.15, 0.2) is 0 Å². The Bertz CT molecular complexity index is 413. The molecule has 0 aliphatic heterocycles. The van der Waals surface area contributed by atoms with E-state index in [0.29, 0.717) is 0 Å². The first-order valence-corrected chi connectivity index (χ1v) is 5.89. The summed E-state index contributed by atoms with van der Waals surface area (Å²) < 4.78 is 1.30. The number of carboxylic acid groups (broad SMARTS) is 1. The minimum Gasteiger partial charge on any atom is -0.480 e. The number of nitrogens with zero attached hydrogens (tertiary/aromatic N) is 5. The van der Waals surface area contributed by atoms with Crippen molar-refractivity contribution in [3.05, 3.63) is 6.33 Å². The Labute approximate surface area is 104 Å². The second kappa shape index (κ2) is 5.56. The zero-order valence-electron chi connectivity index (χ0n) is 9.90. The molecular weight excluding hydrogens is 238 g/mol. The number of aromatic nitrogens is 4. The Balaban J connectivity index is 2.02. The van der Waals surface area contributed by atoms with Gasteiger partial charge in [0, 0.05) is 6.04 Å². The Morgan fingerprint density at radius 2 is 2.11 bits per heavy atom. The topological polar surface area (TPSA) is 101 Å². The fraction of sp³-hybridized carbons (Fsp3) is 0.700. The fourth-order valence-corrected chi connectivity index (χ4v) is 2.26. The maximum absolute atomic E-state index is 12.1. The summed E-state index contributed by atoms with van der Waals surface area (Å²) in [5, 5.41) is 19.4. The van der Waals surface area contributed by atoms with Crippen molar-refractivity contribution in [2.75, 3.05) is 6.54 Å². The van der Waals surface area contributed by atoms with E-state index in [2.05, 4.69) is 15.5 Å². The number of amides is 1. The Morgan fingerprint density at radius 1 is 1.39 bits per heavy atom. The molecule has 1 aromatic heterocycles. The van der Waals surface area contributed by atoms with Gasteiger partial charge in [-0.2, -0.15) is 0 Å². The summed E-state index contributed by atoms with van der Waals surface area (Å²) in [6.45, 7) is -0.275.